The summed E-state index contributed by atoms with van der Waals surface area (Å²) in [5, 5.41) is 10.9. The lowest BCUT2D eigenvalue weighted by Crippen LogP contribution is -2.48. The summed E-state index contributed by atoms with van der Waals surface area (Å²) < 4.78 is 27.4. The SMILES string of the molecule is N#Cc1ccccc1S(=O)(=O)N1CCN(c2cc[nH+]c3cc(Cl)ccc23)CC1. The van der Waals surface area contributed by atoms with E-state index in [1.165, 1.54) is 16.4 Å². The minimum Gasteiger partial charge on any atom is -0.368 e. The zero-order valence-corrected chi connectivity index (χ0v) is 16.5. The molecule has 1 aliphatic heterocycles. The van der Waals surface area contributed by atoms with Crippen molar-refractivity contribution in [3.05, 3.63) is 65.3 Å². The zero-order valence-electron chi connectivity index (χ0n) is 15.0. The normalized spacial score (nSPS) is 15.5. The van der Waals surface area contributed by atoms with Crippen LogP contribution in [0.5, 0.6) is 0 Å². The van der Waals surface area contributed by atoms with Gasteiger partial charge in [0.2, 0.25) is 15.5 Å². The minimum atomic E-state index is -3.70. The monoisotopic (exact) mass is 413 g/mol. The molecule has 8 heteroatoms. The maximum absolute atomic E-state index is 13.0. The lowest BCUT2D eigenvalue weighted by atomic mass is 10.1. The van der Waals surface area contributed by atoms with Crippen LogP contribution in [-0.2, 0) is 10.0 Å². The summed E-state index contributed by atoms with van der Waals surface area (Å²) in [6.07, 6.45) is 1.86. The van der Waals surface area contributed by atoms with Gasteiger partial charge in [-0.1, -0.05) is 23.7 Å². The van der Waals surface area contributed by atoms with Gasteiger partial charge in [-0.15, -0.1) is 0 Å². The van der Waals surface area contributed by atoms with Gasteiger partial charge in [0.05, 0.1) is 21.5 Å². The number of nitrogens with zero attached hydrogens (tertiary/aromatic N) is 3. The number of rotatable bonds is 3. The van der Waals surface area contributed by atoms with Gasteiger partial charge in [-0.05, 0) is 24.3 Å². The standard InChI is InChI=1S/C20H17ClN4O2S/c21-16-5-6-17-18(13-16)23-8-7-19(17)24-9-11-25(12-10-24)28(26,27)20-4-2-1-3-15(20)14-22/h1-8,13H,9-12H2/p+1. The molecule has 28 heavy (non-hydrogen) atoms. The molecule has 0 saturated carbocycles. The largest absolute Gasteiger partial charge is 0.368 e. The quantitative estimate of drug-likeness (QED) is 0.661. The van der Waals surface area contributed by atoms with Crippen molar-refractivity contribution >= 4 is 38.2 Å². The molecule has 0 unspecified atom stereocenters. The fraction of sp³-hybridized carbons (Fsp3) is 0.200. The number of nitriles is 1. The van der Waals surface area contributed by atoms with E-state index in [-0.39, 0.29) is 10.5 Å². The summed E-state index contributed by atoms with van der Waals surface area (Å²) in [4.78, 5) is 5.43. The lowest BCUT2D eigenvalue weighted by Gasteiger charge is -2.35. The maximum Gasteiger partial charge on any atom is 0.244 e. The first-order chi connectivity index (χ1) is 13.5. The van der Waals surface area contributed by atoms with Crippen LogP contribution in [0, 0.1) is 11.3 Å². The first-order valence-electron chi connectivity index (χ1n) is 8.85. The van der Waals surface area contributed by atoms with Crippen LogP contribution in [0.25, 0.3) is 10.9 Å². The van der Waals surface area contributed by atoms with Crippen LogP contribution >= 0.6 is 11.6 Å². The second-order valence-corrected chi connectivity index (χ2v) is 8.89. The number of aromatic nitrogens is 1. The Morgan fingerprint density at radius 3 is 2.54 bits per heavy atom. The van der Waals surface area contributed by atoms with Gasteiger partial charge in [-0.2, -0.15) is 9.57 Å². The Morgan fingerprint density at radius 2 is 1.79 bits per heavy atom. The van der Waals surface area contributed by atoms with Crippen molar-refractivity contribution in [2.45, 2.75) is 4.90 Å². The average Bonchev–Trinajstić information content (AvgIpc) is 2.73. The van der Waals surface area contributed by atoms with Crippen molar-refractivity contribution in [1.82, 2.24) is 4.31 Å². The van der Waals surface area contributed by atoms with Crippen LogP contribution in [-0.4, -0.2) is 38.9 Å². The number of sulfonamides is 1. The molecule has 0 spiro atoms. The van der Waals surface area contributed by atoms with Crippen LogP contribution < -0.4 is 9.88 Å². The minimum absolute atomic E-state index is 0.0698. The fourth-order valence-corrected chi connectivity index (χ4v) is 5.26. The van der Waals surface area contributed by atoms with Gasteiger partial charge in [0.25, 0.3) is 0 Å². The smallest absolute Gasteiger partial charge is 0.244 e. The second-order valence-electron chi connectivity index (χ2n) is 6.55. The molecule has 0 atom stereocenters. The number of pyridine rings is 1. The van der Waals surface area contributed by atoms with Gasteiger partial charge in [-0.3, -0.25) is 0 Å². The Kier molecular flexibility index (Phi) is 4.94. The molecule has 1 N–H and O–H groups in total. The van der Waals surface area contributed by atoms with Crippen LogP contribution in [0.4, 0.5) is 5.69 Å². The van der Waals surface area contributed by atoms with Crippen LogP contribution in [0.15, 0.2) is 59.6 Å². The van der Waals surface area contributed by atoms with Crippen LogP contribution in [0.1, 0.15) is 5.56 Å². The number of H-pyrrole nitrogens is 1. The average molecular weight is 414 g/mol. The molecule has 1 aromatic heterocycles. The highest BCUT2D eigenvalue weighted by atomic mass is 35.5. The Bertz CT molecular complexity index is 1180. The number of halogens is 1. The highest BCUT2D eigenvalue weighted by Crippen LogP contribution is 2.28. The topological polar surface area (TPSA) is 78.5 Å². The molecule has 4 rings (SSSR count). The van der Waals surface area contributed by atoms with Gasteiger partial charge < -0.3 is 4.90 Å². The van der Waals surface area contributed by atoms with Crippen LogP contribution in [0.3, 0.4) is 0 Å². The molecule has 6 nitrogen and oxygen atoms in total. The van der Waals surface area contributed by atoms with Crippen molar-refractivity contribution in [3.8, 4) is 6.07 Å². The van der Waals surface area contributed by atoms with Gasteiger partial charge in [-0.25, -0.2) is 13.4 Å². The molecule has 142 valence electrons. The predicted octanol–water partition coefficient (Wildman–Crippen LogP) is 2.69. The maximum atomic E-state index is 13.0. The van der Waals surface area contributed by atoms with Gasteiger partial charge >= 0.3 is 0 Å². The molecule has 1 aliphatic rings. The molecule has 0 radical (unpaired) electrons. The number of hydrogen-bond donors (Lipinski definition) is 0. The van der Waals surface area contributed by atoms with E-state index in [1.54, 1.807) is 12.1 Å². The summed E-state index contributed by atoms with van der Waals surface area (Å²) in [5.74, 6) is 0. The van der Waals surface area contributed by atoms with E-state index in [1.807, 2.05) is 36.5 Å². The van der Waals surface area contributed by atoms with Crippen molar-refractivity contribution in [1.29, 1.82) is 5.26 Å². The molecule has 1 fully saturated rings. The molecule has 2 heterocycles. The van der Waals surface area contributed by atoms with Crippen molar-refractivity contribution in [3.63, 3.8) is 0 Å². The molecule has 0 aliphatic carbocycles. The summed E-state index contributed by atoms with van der Waals surface area (Å²) >= 11 is 6.08. The Hall–Kier alpha value is -2.66. The van der Waals surface area contributed by atoms with Crippen LogP contribution in [0.2, 0.25) is 5.02 Å². The number of benzene rings is 2. The Balaban J connectivity index is 1.58. The van der Waals surface area contributed by atoms with Crippen molar-refractivity contribution < 1.29 is 13.4 Å². The van der Waals surface area contributed by atoms with E-state index in [2.05, 4.69) is 9.88 Å². The number of hydrogen-bond acceptors (Lipinski definition) is 4. The highest BCUT2D eigenvalue weighted by molar-refractivity contribution is 7.89. The first kappa shape index (κ1) is 18.7. The fourth-order valence-electron chi connectivity index (χ4n) is 3.53. The number of anilines is 1. The first-order valence-corrected chi connectivity index (χ1v) is 10.7. The van der Waals surface area contributed by atoms with E-state index in [0.717, 1.165) is 16.6 Å². The van der Waals surface area contributed by atoms with Gasteiger partial charge in [0.1, 0.15) is 6.07 Å². The molecule has 0 bridgehead atoms. The second kappa shape index (κ2) is 7.40. The molecule has 3 aromatic rings. The molecular weight excluding hydrogens is 396 g/mol. The summed E-state index contributed by atoms with van der Waals surface area (Å²) in [6.45, 7) is 1.84. The van der Waals surface area contributed by atoms with Gasteiger partial charge in [0.15, 0.2) is 6.20 Å². The number of fused-ring (bicyclic) bond motifs is 1. The van der Waals surface area contributed by atoms with E-state index >= 15 is 0 Å². The highest BCUT2D eigenvalue weighted by Gasteiger charge is 2.30. The summed E-state index contributed by atoms with van der Waals surface area (Å²) in [6, 6.07) is 16.0. The van der Waals surface area contributed by atoms with Crippen molar-refractivity contribution in [2.24, 2.45) is 0 Å². The number of aromatic amines is 1. The third-order valence-corrected chi connectivity index (χ3v) is 7.13. The summed E-state index contributed by atoms with van der Waals surface area (Å²) in [5.41, 5.74) is 2.15. The molecular formula is C20H18ClN4O2S+. The van der Waals surface area contributed by atoms with E-state index in [4.69, 9.17) is 11.6 Å². The third kappa shape index (κ3) is 3.31. The predicted molar refractivity (Wildman–Crippen MR) is 108 cm³/mol. The van der Waals surface area contributed by atoms with E-state index in [0.29, 0.717) is 31.2 Å². The number of nitrogens with one attached hydrogen (secondary N) is 1. The van der Waals surface area contributed by atoms with Crippen molar-refractivity contribution in [2.75, 3.05) is 31.1 Å². The lowest BCUT2D eigenvalue weighted by molar-refractivity contribution is -0.344. The van der Waals surface area contributed by atoms with E-state index < -0.39 is 10.0 Å². The van der Waals surface area contributed by atoms with Gasteiger partial charge in [0, 0.05) is 43.3 Å². The number of piperazine rings is 1. The zero-order chi connectivity index (χ0) is 19.7. The molecule has 2 aromatic carbocycles. The summed E-state index contributed by atoms with van der Waals surface area (Å²) in [7, 11) is -3.70. The third-order valence-electron chi connectivity index (χ3n) is 4.94. The molecule has 1 saturated heterocycles. The Morgan fingerprint density at radius 1 is 1.04 bits per heavy atom. The molecule has 0 amide bonds. The Labute approximate surface area is 168 Å². The van der Waals surface area contributed by atoms with E-state index in [9.17, 15) is 13.7 Å².